The van der Waals surface area contributed by atoms with Crippen LogP contribution in [0.1, 0.15) is 30.6 Å². The molecule has 0 aromatic heterocycles. The molecule has 2 atom stereocenters. The summed E-state index contributed by atoms with van der Waals surface area (Å²) in [6.45, 7) is 3.92. The zero-order valence-electron chi connectivity index (χ0n) is 10.6. The van der Waals surface area contributed by atoms with Crippen molar-refractivity contribution < 1.29 is 9.59 Å². The molecule has 0 aliphatic heterocycles. The van der Waals surface area contributed by atoms with Gasteiger partial charge in [-0.25, -0.2) is 0 Å². The van der Waals surface area contributed by atoms with Crippen molar-refractivity contribution in [2.75, 3.05) is 5.32 Å². The highest BCUT2D eigenvalue weighted by Crippen LogP contribution is 2.12. The number of anilines is 1. The van der Waals surface area contributed by atoms with Crippen LogP contribution in [-0.4, -0.2) is 17.9 Å². The molecule has 98 valence electrons. The Labute approximate surface area is 107 Å². The van der Waals surface area contributed by atoms with E-state index in [1.807, 2.05) is 13.8 Å². The van der Waals surface area contributed by atoms with E-state index in [9.17, 15) is 9.59 Å². The van der Waals surface area contributed by atoms with Gasteiger partial charge in [-0.05, 0) is 30.2 Å². The van der Waals surface area contributed by atoms with Crippen molar-refractivity contribution in [3.05, 3.63) is 29.8 Å². The summed E-state index contributed by atoms with van der Waals surface area (Å²) in [6, 6.07) is 5.84. The minimum absolute atomic E-state index is 0.120. The van der Waals surface area contributed by atoms with Gasteiger partial charge in [0, 0.05) is 11.3 Å². The highest BCUT2D eigenvalue weighted by molar-refractivity contribution is 5.96. The summed E-state index contributed by atoms with van der Waals surface area (Å²) in [5.41, 5.74) is 11.9. The maximum absolute atomic E-state index is 11.8. The number of benzene rings is 1. The van der Waals surface area contributed by atoms with Gasteiger partial charge in [0.2, 0.25) is 11.8 Å². The Kier molecular flexibility index (Phi) is 4.85. The summed E-state index contributed by atoms with van der Waals surface area (Å²) in [5.74, 6) is -0.602. The number of carbonyl (C=O) groups excluding carboxylic acids is 2. The fourth-order valence-electron chi connectivity index (χ4n) is 1.46. The van der Waals surface area contributed by atoms with Crippen molar-refractivity contribution in [1.29, 1.82) is 0 Å². The minimum atomic E-state index is -0.536. The van der Waals surface area contributed by atoms with Crippen molar-refractivity contribution in [3.63, 3.8) is 0 Å². The third-order valence-electron chi connectivity index (χ3n) is 3.00. The van der Waals surface area contributed by atoms with Crippen LogP contribution in [0.4, 0.5) is 5.69 Å². The second-order valence-corrected chi connectivity index (χ2v) is 4.34. The molecule has 0 spiro atoms. The summed E-state index contributed by atoms with van der Waals surface area (Å²) >= 11 is 0. The maximum atomic E-state index is 11.8. The molecule has 5 N–H and O–H groups in total. The van der Waals surface area contributed by atoms with E-state index in [2.05, 4.69) is 5.32 Å². The summed E-state index contributed by atoms with van der Waals surface area (Å²) in [6.07, 6.45) is 0.842. The Balaban J connectivity index is 2.67. The van der Waals surface area contributed by atoms with Gasteiger partial charge in [0.15, 0.2) is 0 Å². The van der Waals surface area contributed by atoms with E-state index in [4.69, 9.17) is 11.5 Å². The highest BCUT2D eigenvalue weighted by atomic mass is 16.2. The van der Waals surface area contributed by atoms with Crippen LogP contribution < -0.4 is 16.8 Å². The second-order valence-electron chi connectivity index (χ2n) is 4.34. The maximum Gasteiger partial charge on any atom is 0.248 e. The van der Waals surface area contributed by atoms with Crippen LogP contribution in [-0.2, 0) is 4.79 Å². The lowest BCUT2D eigenvalue weighted by Crippen LogP contribution is -2.40. The highest BCUT2D eigenvalue weighted by Gasteiger charge is 2.19. The quantitative estimate of drug-likeness (QED) is 0.728. The van der Waals surface area contributed by atoms with Crippen LogP contribution in [0.2, 0.25) is 0 Å². The molecule has 0 aliphatic rings. The number of primary amides is 1. The number of amides is 2. The molecular weight excluding hydrogens is 230 g/mol. The number of rotatable bonds is 5. The van der Waals surface area contributed by atoms with Crippen molar-refractivity contribution >= 4 is 17.5 Å². The third kappa shape index (κ3) is 3.56. The van der Waals surface area contributed by atoms with Gasteiger partial charge in [-0.15, -0.1) is 0 Å². The molecule has 1 aromatic rings. The molecule has 0 heterocycles. The van der Waals surface area contributed by atoms with Crippen molar-refractivity contribution in [3.8, 4) is 0 Å². The van der Waals surface area contributed by atoms with Crippen LogP contribution in [0.3, 0.4) is 0 Å². The van der Waals surface area contributed by atoms with Gasteiger partial charge in [0.05, 0.1) is 6.04 Å². The van der Waals surface area contributed by atoms with E-state index < -0.39 is 11.9 Å². The van der Waals surface area contributed by atoms with Gasteiger partial charge in [-0.3, -0.25) is 9.59 Å². The number of nitrogens with one attached hydrogen (secondary N) is 1. The average molecular weight is 249 g/mol. The third-order valence-corrected chi connectivity index (χ3v) is 3.00. The first-order valence-corrected chi connectivity index (χ1v) is 5.92. The Morgan fingerprint density at radius 1 is 1.28 bits per heavy atom. The first kappa shape index (κ1) is 14.2. The second kappa shape index (κ2) is 6.16. The lowest BCUT2D eigenvalue weighted by Gasteiger charge is -2.17. The predicted octanol–water partition coefficient (Wildman–Crippen LogP) is 1.10. The molecule has 0 saturated heterocycles. The molecule has 0 saturated carbocycles. The first-order valence-electron chi connectivity index (χ1n) is 5.92. The van der Waals surface area contributed by atoms with Crippen LogP contribution in [0.25, 0.3) is 0 Å². The fourth-order valence-corrected chi connectivity index (χ4v) is 1.46. The van der Waals surface area contributed by atoms with Crippen molar-refractivity contribution in [1.82, 2.24) is 0 Å². The zero-order valence-corrected chi connectivity index (χ0v) is 10.6. The van der Waals surface area contributed by atoms with Crippen molar-refractivity contribution in [2.45, 2.75) is 26.3 Å². The summed E-state index contributed by atoms with van der Waals surface area (Å²) in [4.78, 5) is 22.7. The minimum Gasteiger partial charge on any atom is -0.366 e. The van der Waals surface area contributed by atoms with E-state index >= 15 is 0 Å². The van der Waals surface area contributed by atoms with Gasteiger partial charge in [0.25, 0.3) is 0 Å². The van der Waals surface area contributed by atoms with Gasteiger partial charge < -0.3 is 16.8 Å². The molecular formula is C13H19N3O2. The molecule has 1 rings (SSSR count). The van der Waals surface area contributed by atoms with Crippen LogP contribution in [0.5, 0.6) is 0 Å². The van der Waals surface area contributed by atoms with Crippen LogP contribution in [0.15, 0.2) is 24.3 Å². The van der Waals surface area contributed by atoms with Gasteiger partial charge in [-0.2, -0.15) is 0 Å². The Bertz CT molecular complexity index is 428. The fraction of sp³-hybridized carbons (Fsp3) is 0.385. The smallest absolute Gasteiger partial charge is 0.248 e. The van der Waals surface area contributed by atoms with E-state index in [-0.39, 0.29) is 11.8 Å². The number of nitrogens with two attached hydrogens (primary N) is 2. The Morgan fingerprint density at radius 3 is 2.28 bits per heavy atom. The predicted molar refractivity (Wildman–Crippen MR) is 71.0 cm³/mol. The topological polar surface area (TPSA) is 98.2 Å². The van der Waals surface area contributed by atoms with Crippen LogP contribution in [0, 0.1) is 5.92 Å². The molecule has 1 aromatic carbocycles. The first-order chi connectivity index (χ1) is 8.45. The molecule has 0 fully saturated rings. The Morgan fingerprint density at radius 2 is 1.83 bits per heavy atom. The number of hydrogen-bond donors (Lipinski definition) is 3. The van der Waals surface area contributed by atoms with Crippen LogP contribution >= 0.6 is 0 Å². The van der Waals surface area contributed by atoms with Gasteiger partial charge >= 0.3 is 0 Å². The molecule has 5 heteroatoms. The summed E-state index contributed by atoms with van der Waals surface area (Å²) < 4.78 is 0. The molecule has 0 aliphatic carbocycles. The van der Waals surface area contributed by atoms with E-state index in [1.54, 1.807) is 24.3 Å². The molecule has 0 unspecified atom stereocenters. The normalized spacial score (nSPS) is 13.7. The molecule has 5 nitrogen and oxygen atoms in total. The molecule has 18 heavy (non-hydrogen) atoms. The SMILES string of the molecule is CC[C@H](C)[C@H](N)C(=O)Nc1ccc(C(N)=O)cc1. The van der Waals surface area contributed by atoms with Gasteiger partial charge in [-0.1, -0.05) is 20.3 Å². The lowest BCUT2D eigenvalue weighted by molar-refractivity contribution is -0.118. The molecule has 0 radical (unpaired) electrons. The summed E-state index contributed by atoms with van der Waals surface area (Å²) in [7, 11) is 0. The number of carbonyl (C=O) groups is 2. The molecule has 2 amide bonds. The van der Waals surface area contributed by atoms with E-state index in [0.29, 0.717) is 11.3 Å². The number of hydrogen-bond acceptors (Lipinski definition) is 3. The van der Waals surface area contributed by atoms with Gasteiger partial charge in [0.1, 0.15) is 0 Å². The monoisotopic (exact) mass is 249 g/mol. The average Bonchev–Trinajstić information content (AvgIpc) is 2.37. The van der Waals surface area contributed by atoms with Crippen molar-refractivity contribution in [2.24, 2.45) is 17.4 Å². The standard InChI is InChI=1S/C13H19N3O2/c1-3-8(2)11(14)13(18)16-10-6-4-9(5-7-10)12(15)17/h4-8,11H,3,14H2,1-2H3,(H2,15,17)(H,16,18)/t8-,11-/m0/s1. The lowest BCUT2D eigenvalue weighted by atomic mass is 9.99. The molecule has 0 bridgehead atoms. The van der Waals surface area contributed by atoms with E-state index in [0.717, 1.165) is 6.42 Å². The largest absolute Gasteiger partial charge is 0.366 e. The van der Waals surface area contributed by atoms with E-state index in [1.165, 1.54) is 0 Å². The Hall–Kier alpha value is -1.88. The zero-order chi connectivity index (χ0) is 13.7. The summed E-state index contributed by atoms with van der Waals surface area (Å²) in [5, 5.41) is 2.71.